The summed E-state index contributed by atoms with van der Waals surface area (Å²) in [5.41, 5.74) is 10.9. The number of nitrogens with two attached hydrogens (primary N) is 2. The van der Waals surface area contributed by atoms with Gasteiger partial charge in [-0.2, -0.15) is 0 Å². The lowest BCUT2D eigenvalue weighted by Gasteiger charge is -2.24. The van der Waals surface area contributed by atoms with Crippen molar-refractivity contribution in [2.45, 2.75) is 49.9 Å². The smallest absolute Gasteiger partial charge is 0.326 e. The minimum absolute atomic E-state index is 0.164. The number of H-pyrrole nitrogens is 1. The van der Waals surface area contributed by atoms with Gasteiger partial charge < -0.3 is 47.7 Å². The molecule has 0 fully saturated rings. The van der Waals surface area contributed by atoms with Crippen molar-refractivity contribution in [3.63, 3.8) is 0 Å². The summed E-state index contributed by atoms with van der Waals surface area (Å²) in [5.74, 6) is -6.62. The van der Waals surface area contributed by atoms with Gasteiger partial charge in [0.1, 0.15) is 18.1 Å². The number of aromatic nitrogens is 2. The van der Waals surface area contributed by atoms with Gasteiger partial charge >= 0.3 is 11.9 Å². The van der Waals surface area contributed by atoms with Gasteiger partial charge in [0.15, 0.2) is 0 Å². The molecule has 0 spiro atoms. The van der Waals surface area contributed by atoms with E-state index in [0.717, 1.165) is 0 Å². The third kappa shape index (κ3) is 9.61. The maximum Gasteiger partial charge on any atom is 0.326 e. The van der Waals surface area contributed by atoms with Gasteiger partial charge in [0.25, 0.3) is 0 Å². The number of aliphatic hydroxyl groups excluding tert-OH is 1. The maximum absolute atomic E-state index is 12.6. The molecule has 34 heavy (non-hydrogen) atoms. The van der Waals surface area contributed by atoms with E-state index in [-0.39, 0.29) is 6.42 Å². The number of nitrogens with one attached hydrogen (secondary N) is 4. The van der Waals surface area contributed by atoms with Crippen LogP contribution in [0.4, 0.5) is 0 Å². The Labute approximate surface area is 192 Å². The first kappa shape index (κ1) is 28.0. The van der Waals surface area contributed by atoms with Crippen molar-refractivity contribution >= 4 is 35.6 Å². The summed E-state index contributed by atoms with van der Waals surface area (Å²) in [6, 6.07) is -5.95. The van der Waals surface area contributed by atoms with E-state index in [2.05, 4.69) is 25.9 Å². The average Bonchev–Trinajstić information content (AvgIpc) is 3.26. The van der Waals surface area contributed by atoms with Crippen LogP contribution in [0.1, 0.15) is 25.0 Å². The summed E-state index contributed by atoms with van der Waals surface area (Å²) >= 11 is 0. The number of carboxylic acid groups (broad SMARTS) is 2. The average molecular weight is 485 g/mol. The van der Waals surface area contributed by atoms with Crippen LogP contribution in [0, 0.1) is 0 Å². The van der Waals surface area contributed by atoms with Crippen LogP contribution >= 0.6 is 0 Å². The van der Waals surface area contributed by atoms with Gasteiger partial charge in [-0.1, -0.05) is 0 Å². The minimum atomic E-state index is -1.63. The number of aliphatic hydroxyl groups is 1. The molecule has 0 saturated carbocycles. The van der Waals surface area contributed by atoms with E-state index in [0.29, 0.717) is 5.69 Å². The molecular formula is C18H27N7O9. The van der Waals surface area contributed by atoms with Crippen molar-refractivity contribution < 1.29 is 44.1 Å². The lowest BCUT2D eigenvalue weighted by atomic mass is 10.1. The quantitative estimate of drug-likeness (QED) is 0.114. The monoisotopic (exact) mass is 485 g/mol. The molecule has 0 aliphatic heterocycles. The Kier molecular flexibility index (Phi) is 11.1. The maximum atomic E-state index is 12.6. The fraction of sp³-hybridized carbons (Fsp3) is 0.500. The standard InChI is InChI=1S/C18H27N7O9/c19-9(4-13(20)27)15(30)23-10(1-2-14(28)29)16(31)25-12(6-26)17(32)24-11(18(33)34)3-8-5-21-7-22-8/h5,7,9-12,26H,1-4,6,19H2,(H2,20,27)(H,21,22)(H,23,30)(H,24,32)(H,25,31)(H,28,29)(H,33,34). The van der Waals surface area contributed by atoms with Crippen LogP contribution in [0.5, 0.6) is 0 Å². The van der Waals surface area contributed by atoms with E-state index in [1.165, 1.54) is 12.5 Å². The van der Waals surface area contributed by atoms with Crippen LogP contribution in [-0.4, -0.2) is 91.6 Å². The Morgan fingerprint density at radius 3 is 2.06 bits per heavy atom. The molecule has 0 bridgehead atoms. The summed E-state index contributed by atoms with van der Waals surface area (Å²) in [4.78, 5) is 76.9. The van der Waals surface area contributed by atoms with Gasteiger partial charge in [-0.25, -0.2) is 9.78 Å². The zero-order valence-corrected chi connectivity index (χ0v) is 17.9. The Morgan fingerprint density at radius 1 is 0.971 bits per heavy atom. The van der Waals surface area contributed by atoms with E-state index in [1.807, 2.05) is 0 Å². The van der Waals surface area contributed by atoms with E-state index in [9.17, 15) is 39.0 Å². The Morgan fingerprint density at radius 2 is 1.56 bits per heavy atom. The van der Waals surface area contributed by atoms with Crippen LogP contribution in [0.3, 0.4) is 0 Å². The zero-order chi connectivity index (χ0) is 25.8. The van der Waals surface area contributed by atoms with E-state index < -0.39 is 85.6 Å². The van der Waals surface area contributed by atoms with E-state index in [1.54, 1.807) is 0 Å². The lowest BCUT2D eigenvalue weighted by molar-refractivity contribution is -0.142. The van der Waals surface area contributed by atoms with Crippen molar-refractivity contribution in [2.24, 2.45) is 11.5 Å². The number of rotatable bonds is 15. The molecule has 16 nitrogen and oxygen atoms in total. The number of carboxylic acids is 2. The van der Waals surface area contributed by atoms with Gasteiger partial charge in [0.05, 0.1) is 25.4 Å². The summed E-state index contributed by atoms with van der Waals surface area (Å²) in [5, 5.41) is 34.2. The molecule has 1 aromatic heterocycles. The first-order chi connectivity index (χ1) is 15.9. The second-order valence-electron chi connectivity index (χ2n) is 7.19. The van der Waals surface area contributed by atoms with Crippen LogP contribution in [-0.2, 0) is 35.2 Å². The van der Waals surface area contributed by atoms with Crippen molar-refractivity contribution in [1.29, 1.82) is 0 Å². The highest BCUT2D eigenvalue weighted by molar-refractivity contribution is 5.95. The number of aromatic amines is 1. The fourth-order valence-corrected chi connectivity index (χ4v) is 2.68. The van der Waals surface area contributed by atoms with Gasteiger partial charge in [0.2, 0.25) is 23.6 Å². The van der Waals surface area contributed by atoms with Crippen LogP contribution in [0.2, 0.25) is 0 Å². The molecule has 1 heterocycles. The molecule has 4 unspecified atom stereocenters. The molecule has 1 rings (SSSR count). The highest BCUT2D eigenvalue weighted by atomic mass is 16.4. The van der Waals surface area contributed by atoms with E-state index >= 15 is 0 Å². The summed E-state index contributed by atoms with van der Waals surface area (Å²) < 4.78 is 0. The Bertz CT molecular complexity index is 890. The molecule has 1 aromatic rings. The minimum Gasteiger partial charge on any atom is -0.481 e. The second-order valence-corrected chi connectivity index (χ2v) is 7.19. The summed E-state index contributed by atoms with van der Waals surface area (Å²) in [6.45, 7) is -0.936. The number of amides is 4. The number of hydrogen-bond donors (Lipinski definition) is 9. The molecule has 4 atom stereocenters. The number of carbonyl (C=O) groups excluding carboxylic acids is 4. The molecule has 0 radical (unpaired) electrons. The van der Waals surface area contributed by atoms with E-state index in [4.69, 9.17) is 16.6 Å². The fourth-order valence-electron chi connectivity index (χ4n) is 2.68. The van der Waals surface area contributed by atoms with Crippen LogP contribution in [0.25, 0.3) is 0 Å². The molecule has 0 saturated heterocycles. The SMILES string of the molecule is NC(=O)CC(N)C(=O)NC(CCC(=O)O)C(=O)NC(CO)C(=O)NC(Cc1cnc[nH]1)C(=O)O. The largest absolute Gasteiger partial charge is 0.481 e. The molecular weight excluding hydrogens is 458 g/mol. The third-order valence-electron chi connectivity index (χ3n) is 4.45. The molecule has 0 aliphatic carbocycles. The number of aliphatic carboxylic acids is 2. The number of carbonyl (C=O) groups is 6. The summed E-state index contributed by atoms with van der Waals surface area (Å²) in [6.07, 6.45) is 1.01. The normalized spacial score (nSPS) is 14.2. The van der Waals surface area contributed by atoms with Crippen molar-refractivity contribution in [2.75, 3.05) is 6.61 Å². The summed E-state index contributed by atoms with van der Waals surface area (Å²) in [7, 11) is 0. The predicted molar refractivity (Wildman–Crippen MR) is 111 cm³/mol. The van der Waals surface area contributed by atoms with Crippen LogP contribution < -0.4 is 27.4 Å². The van der Waals surface area contributed by atoms with Gasteiger partial charge in [-0.3, -0.25) is 24.0 Å². The predicted octanol–water partition coefficient (Wildman–Crippen LogP) is -4.45. The van der Waals surface area contributed by atoms with Gasteiger partial charge in [-0.15, -0.1) is 0 Å². The first-order valence-electron chi connectivity index (χ1n) is 9.92. The number of hydrogen-bond acceptors (Lipinski definition) is 9. The number of primary amides is 1. The molecule has 0 aromatic carbocycles. The molecule has 11 N–H and O–H groups in total. The van der Waals surface area contributed by atoms with Gasteiger partial charge in [0, 0.05) is 24.7 Å². The van der Waals surface area contributed by atoms with Crippen molar-refractivity contribution in [3.05, 3.63) is 18.2 Å². The second kappa shape index (κ2) is 13.5. The van der Waals surface area contributed by atoms with Crippen molar-refractivity contribution in [1.82, 2.24) is 25.9 Å². The molecule has 4 amide bonds. The third-order valence-corrected chi connectivity index (χ3v) is 4.45. The van der Waals surface area contributed by atoms with Crippen molar-refractivity contribution in [3.8, 4) is 0 Å². The highest BCUT2D eigenvalue weighted by Gasteiger charge is 2.30. The molecule has 16 heteroatoms. The molecule has 0 aliphatic rings. The topological polar surface area (TPSA) is 280 Å². The molecule has 188 valence electrons. The van der Waals surface area contributed by atoms with Crippen LogP contribution in [0.15, 0.2) is 12.5 Å². The number of nitrogens with zero attached hydrogens (tertiary/aromatic N) is 1. The van der Waals surface area contributed by atoms with Gasteiger partial charge in [-0.05, 0) is 6.42 Å². The first-order valence-corrected chi connectivity index (χ1v) is 9.92. The number of imidazole rings is 1. The lowest BCUT2D eigenvalue weighted by Crippen LogP contribution is -2.58. The highest BCUT2D eigenvalue weighted by Crippen LogP contribution is 2.03. The Hall–Kier alpha value is -4.05. The Balaban J connectivity index is 2.87. The zero-order valence-electron chi connectivity index (χ0n) is 17.9.